The van der Waals surface area contributed by atoms with Gasteiger partial charge in [0.1, 0.15) is 19.0 Å². The van der Waals surface area contributed by atoms with Gasteiger partial charge in [0, 0.05) is 5.56 Å². The van der Waals surface area contributed by atoms with Gasteiger partial charge in [-0.2, -0.15) is 9.44 Å². The molecule has 0 radical (unpaired) electrons. The van der Waals surface area contributed by atoms with Crippen LogP contribution in [0.2, 0.25) is 0 Å². The first-order valence-electron chi connectivity index (χ1n) is 6.76. The summed E-state index contributed by atoms with van der Waals surface area (Å²) in [7, 11) is 0. The summed E-state index contributed by atoms with van der Waals surface area (Å²) in [5.41, 5.74) is 0.594. The van der Waals surface area contributed by atoms with Crippen molar-refractivity contribution in [2.75, 3.05) is 13.1 Å². The fourth-order valence-electron chi connectivity index (χ4n) is 3.18. The predicted octanol–water partition coefficient (Wildman–Crippen LogP) is 1.89. The van der Waals surface area contributed by atoms with Crippen molar-refractivity contribution in [3.63, 3.8) is 0 Å². The van der Waals surface area contributed by atoms with Crippen LogP contribution in [0.1, 0.15) is 18.4 Å². The normalized spacial score (nSPS) is 37.0. The smallest absolute Gasteiger partial charge is 0.522 e. The molecule has 2 saturated heterocycles. The average Bonchev–Trinajstić information content (AvgIpc) is 2.45. The molecule has 6 heteroatoms. The molecule has 2 heterocycles. The third-order valence-electron chi connectivity index (χ3n) is 4.20. The zero-order valence-corrected chi connectivity index (χ0v) is 11.0. The summed E-state index contributed by atoms with van der Waals surface area (Å²) in [6.45, 7) is -0.231. The monoisotopic (exact) mass is 276 g/mol. The first-order chi connectivity index (χ1) is 9.46. The van der Waals surface area contributed by atoms with E-state index in [-0.39, 0.29) is 19.6 Å². The first-order valence-corrected chi connectivity index (χ1v) is 6.76. The minimum atomic E-state index is -1.64. The maximum absolute atomic E-state index is 12.8. The van der Waals surface area contributed by atoms with E-state index in [0.29, 0.717) is 18.4 Å². The molecule has 20 heavy (non-hydrogen) atoms. The Kier molecular flexibility index (Phi) is 2.98. The number of imide groups is 1. The van der Waals surface area contributed by atoms with E-state index >= 15 is 0 Å². The molecule has 6 nitrogen and oxygen atoms in total. The minimum absolute atomic E-state index is 0.0608. The van der Waals surface area contributed by atoms with Crippen LogP contribution in [0.4, 0.5) is 4.79 Å². The van der Waals surface area contributed by atoms with Gasteiger partial charge in [-0.25, -0.2) is 9.44 Å². The molecule has 3 rings (SSSR count). The second-order valence-corrected chi connectivity index (χ2v) is 5.64. The van der Waals surface area contributed by atoms with E-state index in [0.717, 1.165) is 0 Å². The summed E-state index contributed by atoms with van der Waals surface area (Å²) in [4.78, 5) is 24.6. The van der Waals surface area contributed by atoms with Crippen molar-refractivity contribution in [2.24, 2.45) is 5.92 Å². The lowest BCUT2D eigenvalue weighted by molar-refractivity contribution is -0.919. The Bertz CT molecular complexity index is 562. The van der Waals surface area contributed by atoms with Gasteiger partial charge in [0.05, 0.1) is 6.54 Å². The number of urea groups is 1. The van der Waals surface area contributed by atoms with Crippen molar-refractivity contribution < 1.29 is 18.9 Å². The highest BCUT2D eigenvalue weighted by molar-refractivity contribution is 5.85. The molecular weight excluding hydrogens is 260 g/mol. The molecule has 106 valence electrons. The number of quaternary nitrogens is 2. The van der Waals surface area contributed by atoms with Gasteiger partial charge >= 0.3 is 11.9 Å². The number of carbonyl (C=O) groups excluding carboxylic acids is 2. The van der Waals surface area contributed by atoms with Crippen LogP contribution < -0.4 is 0 Å². The quantitative estimate of drug-likeness (QED) is 0.610. The number of hydrogen-bond acceptors (Lipinski definition) is 4. The van der Waals surface area contributed by atoms with Crippen molar-refractivity contribution in [3.05, 3.63) is 46.3 Å². The molecule has 0 aromatic heterocycles. The highest BCUT2D eigenvalue weighted by atomic mass is 16.6. The maximum Gasteiger partial charge on any atom is 0.522 e. The Morgan fingerprint density at radius 1 is 1.15 bits per heavy atom. The molecule has 3 unspecified atom stereocenters. The lowest BCUT2D eigenvalue weighted by atomic mass is 9.93. The van der Waals surface area contributed by atoms with E-state index in [1.165, 1.54) is 0 Å². The van der Waals surface area contributed by atoms with E-state index < -0.39 is 27.1 Å². The molecule has 2 aliphatic heterocycles. The number of rotatable bonds is 2. The standard InChI is InChI=1S/C14H16N2O4/c17-13-12-7-4-8-15(19,10-12)14(18)16(13,20)9-11-5-2-1-3-6-11/h1-3,5-6,12H,4,7-10H2. The van der Waals surface area contributed by atoms with Gasteiger partial charge in [-0.05, 0) is 12.8 Å². The van der Waals surface area contributed by atoms with Gasteiger partial charge < -0.3 is 10.4 Å². The molecule has 0 saturated carbocycles. The van der Waals surface area contributed by atoms with E-state index in [9.17, 15) is 20.0 Å². The lowest BCUT2D eigenvalue weighted by Crippen LogP contribution is -2.73. The van der Waals surface area contributed by atoms with Crippen LogP contribution in [0, 0.1) is 16.3 Å². The largest absolute Gasteiger partial charge is 0.621 e. The van der Waals surface area contributed by atoms with Crippen LogP contribution in [-0.4, -0.2) is 34.3 Å². The summed E-state index contributed by atoms with van der Waals surface area (Å²) >= 11 is 0. The SMILES string of the molecule is O=C1C2CCC[N+]([O-])(C2)C(=O)[N+]1([O-])Cc1ccccc1. The van der Waals surface area contributed by atoms with Gasteiger partial charge in [-0.1, -0.05) is 30.3 Å². The minimum Gasteiger partial charge on any atom is -0.621 e. The Balaban J connectivity index is 1.97. The fourth-order valence-corrected chi connectivity index (χ4v) is 3.18. The van der Waals surface area contributed by atoms with Crippen LogP contribution in [0.5, 0.6) is 0 Å². The van der Waals surface area contributed by atoms with Crippen LogP contribution in [0.15, 0.2) is 30.3 Å². The average molecular weight is 276 g/mol. The zero-order chi connectivity index (χ0) is 14.4. The third-order valence-corrected chi connectivity index (χ3v) is 4.20. The Hall–Kier alpha value is -1.60. The lowest BCUT2D eigenvalue weighted by Gasteiger charge is -2.53. The zero-order valence-electron chi connectivity index (χ0n) is 11.0. The number of carbonyl (C=O) groups is 2. The highest BCUT2D eigenvalue weighted by Crippen LogP contribution is 2.36. The number of fused-ring (bicyclic) bond motifs is 2. The van der Waals surface area contributed by atoms with Gasteiger partial charge in [0.2, 0.25) is 0 Å². The van der Waals surface area contributed by atoms with Crippen LogP contribution in [0.25, 0.3) is 0 Å². The molecule has 2 bridgehead atoms. The number of hydroxylamine groups is 6. The van der Waals surface area contributed by atoms with E-state index in [4.69, 9.17) is 0 Å². The van der Waals surface area contributed by atoms with Gasteiger partial charge in [-0.15, -0.1) is 0 Å². The van der Waals surface area contributed by atoms with Gasteiger partial charge in [-0.3, -0.25) is 0 Å². The molecular formula is C14H16N2O4. The number of amides is 3. The second kappa shape index (κ2) is 4.46. The van der Waals surface area contributed by atoms with Crippen molar-refractivity contribution in [1.82, 2.24) is 0 Å². The van der Waals surface area contributed by atoms with Crippen molar-refractivity contribution in [1.29, 1.82) is 0 Å². The number of hydrogen-bond donors (Lipinski definition) is 0. The highest BCUT2D eigenvalue weighted by Gasteiger charge is 2.58. The molecule has 2 aliphatic rings. The summed E-state index contributed by atoms with van der Waals surface area (Å²) < 4.78 is -2.79. The van der Waals surface area contributed by atoms with Crippen LogP contribution >= 0.6 is 0 Å². The van der Waals surface area contributed by atoms with Crippen molar-refractivity contribution in [3.8, 4) is 0 Å². The molecule has 3 atom stereocenters. The topological polar surface area (TPSA) is 80.3 Å². The Morgan fingerprint density at radius 2 is 1.85 bits per heavy atom. The van der Waals surface area contributed by atoms with Crippen molar-refractivity contribution >= 4 is 11.9 Å². The molecule has 3 amide bonds. The Labute approximate surface area is 116 Å². The van der Waals surface area contributed by atoms with Crippen molar-refractivity contribution in [2.45, 2.75) is 19.4 Å². The first kappa shape index (κ1) is 13.4. The van der Waals surface area contributed by atoms with E-state index in [1.54, 1.807) is 30.3 Å². The van der Waals surface area contributed by atoms with Gasteiger partial charge in [0.25, 0.3) is 0 Å². The summed E-state index contributed by atoms with van der Waals surface area (Å²) in [6, 6.07) is 7.58. The molecule has 1 aromatic rings. The summed E-state index contributed by atoms with van der Waals surface area (Å²) in [5.74, 6) is -1.23. The van der Waals surface area contributed by atoms with E-state index in [2.05, 4.69) is 0 Å². The molecule has 2 fully saturated rings. The third kappa shape index (κ3) is 1.89. The Morgan fingerprint density at radius 3 is 2.55 bits per heavy atom. The van der Waals surface area contributed by atoms with Crippen LogP contribution in [0.3, 0.4) is 0 Å². The predicted molar refractivity (Wildman–Crippen MR) is 70.3 cm³/mol. The van der Waals surface area contributed by atoms with Gasteiger partial charge in [0.15, 0.2) is 0 Å². The number of piperidine rings is 1. The molecule has 0 N–H and O–H groups in total. The van der Waals surface area contributed by atoms with Crippen LogP contribution in [-0.2, 0) is 11.3 Å². The second-order valence-electron chi connectivity index (χ2n) is 5.64. The number of benzene rings is 1. The fraction of sp³-hybridized carbons (Fsp3) is 0.429. The van der Waals surface area contributed by atoms with E-state index in [1.807, 2.05) is 0 Å². The molecule has 0 aliphatic carbocycles. The summed E-state index contributed by atoms with van der Waals surface area (Å²) in [5, 5.41) is 25.3. The maximum atomic E-state index is 12.8. The molecule has 1 aromatic carbocycles. The summed E-state index contributed by atoms with van der Waals surface area (Å²) in [6.07, 6.45) is 1.06. The number of nitrogens with zero attached hydrogens (tertiary/aromatic N) is 2. The molecule has 0 spiro atoms.